The van der Waals surface area contributed by atoms with E-state index >= 15 is 0 Å². The molecule has 3 rings (SSSR count). The number of hydrogen-bond acceptors (Lipinski definition) is 8. The number of nitrogen functional groups attached to an aromatic ring is 1. The Labute approximate surface area is 178 Å². The third kappa shape index (κ3) is 4.91. The Balaban J connectivity index is 1.67. The van der Waals surface area contributed by atoms with Gasteiger partial charge in [0.1, 0.15) is 10.6 Å². The maximum atomic E-state index is 12.4. The number of fused-ring (bicyclic) bond motifs is 1. The first-order valence-corrected chi connectivity index (χ1v) is 11.1. The van der Waals surface area contributed by atoms with E-state index in [0.29, 0.717) is 41.4 Å². The van der Waals surface area contributed by atoms with Crippen molar-refractivity contribution in [3.05, 3.63) is 28.6 Å². The third-order valence-electron chi connectivity index (χ3n) is 4.20. The molecule has 0 atom stereocenters. The molecule has 29 heavy (non-hydrogen) atoms. The average Bonchev–Trinajstić information content (AvgIpc) is 2.97. The monoisotopic (exact) mass is 432 g/mol. The van der Waals surface area contributed by atoms with E-state index in [4.69, 9.17) is 15.2 Å². The zero-order valence-corrected chi connectivity index (χ0v) is 18.5. The van der Waals surface area contributed by atoms with Gasteiger partial charge in [0.15, 0.2) is 16.7 Å². The highest BCUT2D eigenvalue weighted by Crippen LogP contribution is 2.34. The van der Waals surface area contributed by atoms with Gasteiger partial charge >= 0.3 is 0 Å². The molecule has 0 aliphatic heterocycles. The molecule has 2 aromatic heterocycles. The number of anilines is 2. The quantitative estimate of drug-likeness (QED) is 0.401. The Hall–Kier alpha value is -2.52. The van der Waals surface area contributed by atoms with Gasteiger partial charge in [0.25, 0.3) is 0 Å². The summed E-state index contributed by atoms with van der Waals surface area (Å²) >= 11 is 2.84. The molecule has 154 valence electrons. The van der Waals surface area contributed by atoms with Gasteiger partial charge in [-0.2, -0.15) is 0 Å². The standard InChI is InChI=1S/C20H24N4O3S2/c1-5-26-14-8-7-13(9-15(14)27-6-2)22-16(25)10-28-20-23-18(21)17-11(3)12(4)29-19(17)24-20/h7-9H,5-6,10H2,1-4H3,(H,22,25)(H2,21,23,24). The lowest BCUT2D eigenvalue weighted by molar-refractivity contribution is -0.113. The van der Waals surface area contributed by atoms with E-state index in [1.54, 1.807) is 29.5 Å². The number of amides is 1. The lowest BCUT2D eigenvalue weighted by Crippen LogP contribution is -2.14. The number of aromatic nitrogens is 2. The highest BCUT2D eigenvalue weighted by molar-refractivity contribution is 7.99. The normalized spacial score (nSPS) is 10.9. The summed E-state index contributed by atoms with van der Waals surface area (Å²) in [7, 11) is 0. The number of rotatable bonds is 8. The van der Waals surface area contributed by atoms with E-state index in [-0.39, 0.29) is 11.7 Å². The number of carbonyl (C=O) groups is 1. The molecule has 0 aliphatic rings. The first kappa shape index (κ1) is 21.2. The van der Waals surface area contributed by atoms with Crippen LogP contribution in [0.25, 0.3) is 10.2 Å². The molecule has 0 spiro atoms. The first-order valence-electron chi connectivity index (χ1n) is 9.28. The maximum absolute atomic E-state index is 12.4. The fraction of sp³-hybridized carbons (Fsp3) is 0.350. The van der Waals surface area contributed by atoms with Crippen LogP contribution in [-0.4, -0.2) is 34.8 Å². The van der Waals surface area contributed by atoms with Crippen molar-refractivity contribution in [2.75, 3.05) is 30.0 Å². The van der Waals surface area contributed by atoms with Crippen molar-refractivity contribution in [3.63, 3.8) is 0 Å². The average molecular weight is 433 g/mol. The second kappa shape index (κ2) is 9.32. The molecule has 3 N–H and O–H groups in total. The maximum Gasteiger partial charge on any atom is 0.234 e. The summed E-state index contributed by atoms with van der Waals surface area (Å²) in [6, 6.07) is 5.33. The zero-order valence-electron chi connectivity index (χ0n) is 16.9. The minimum atomic E-state index is -0.164. The van der Waals surface area contributed by atoms with Crippen LogP contribution in [0.4, 0.5) is 11.5 Å². The Bertz CT molecular complexity index is 1040. The lowest BCUT2D eigenvalue weighted by atomic mass is 10.2. The van der Waals surface area contributed by atoms with Crippen LogP contribution >= 0.6 is 23.1 Å². The number of benzene rings is 1. The summed E-state index contributed by atoms with van der Waals surface area (Å²) in [6.07, 6.45) is 0. The summed E-state index contributed by atoms with van der Waals surface area (Å²) in [6.45, 7) is 8.91. The van der Waals surface area contributed by atoms with Gasteiger partial charge in [0.2, 0.25) is 5.91 Å². The topological polar surface area (TPSA) is 99.4 Å². The number of carbonyl (C=O) groups excluding carboxylic acids is 1. The Morgan fingerprint density at radius 2 is 1.90 bits per heavy atom. The second-order valence-corrected chi connectivity index (χ2v) is 8.36. The van der Waals surface area contributed by atoms with Crippen molar-refractivity contribution in [3.8, 4) is 11.5 Å². The van der Waals surface area contributed by atoms with Crippen LogP contribution in [0.15, 0.2) is 23.4 Å². The molecule has 0 fully saturated rings. The smallest absolute Gasteiger partial charge is 0.234 e. The number of aryl methyl sites for hydroxylation is 2. The molecule has 0 saturated heterocycles. The predicted octanol–water partition coefficient (Wildman–Crippen LogP) is 4.42. The molecule has 0 radical (unpaired) electrons. The summed E-state index contributed by atoms with van der Waals surface area (Å²) < 4.78 is 11.1. The molecule has 0 saturated carbocycles. The van der Waals surface area contributed by atoms with E-state index in [9.17, 15) is 4.79 Å². The summed E-state index contributed by atoms with van der Waals surface area (Å²) in [4.78, 5) is 23.3. The van der Waals surface area contributed by atoms with Gasteiger partial charge in [-0.25, -0.2) is 9.97 Å². The van der Waals surface area contributed by atoms with E-state index in [1.807, 2.05) is 27.7 Å². The van der Waals surface area contributed by atoms with Gasteiger partial charge < -0.3 is 20.5 Å². The number of hydrogen-bond donors (Lipinski definition) is 2. The van der Waals surface area contributed by atoms with E-state index in [0.717, 1.165) is 15.8 Å². The van der Waals surface area contributed by atoms with Gasteiger partial charge in [-0.05, 0) is 45.4 Å². The van der Waals surface area contributed by atoms with Crippen molar-refractivity contribution >= 4 is 50.7 Å². The van der Waals surface area contributed by atoms with Crippen LogP contribution in [-0.2, 0) is 4.79 Å². The number of nitrogens with one attached hydrogen (secondary N) is 1. The number of nitrogens with two attached hydrogens (primary N) is 1. The van der Waals surface area contributed by atoms with Crippen molar-refractivity contribution in [1.82, 2.24) is 9.97 Å². The van der Waals surface area contributed by atoms with Crippen molar-refractivity contribution in [2.45, 2.75) is 32.9 Å². The third-order valence-corrected chi connectivity index (χ3v) is 6.14. The molecule has 9 heteroatoms. The van der Waals surface area contributed by atoms with Crippen LogP contribution in [0.1, 0.15) is 24.3 Å². The fourth-order valence-electron chi connectivity index (χ4n) is 2.78. The highest BCUT2D eigenvalue weighted by atomic mass is 32.2. The molecule has 3 aromatic rings. The number of ether oxygens (including phenoxy) is 2. The van der Waals surface area contributed by atoms with Crippen LogP contribution in [0, 0.1) is 13.8 Å². The molecule has 7 nitrogen and oxygen atoms in total. The number of thioether (sulfide) groups is 1. The molecule has 1 amide bonds. The summed E-state index contributed by atoms with van der Waals surface area (Å²) in [5.74, 6) is 1.71. The second-order valence-electron chi connectivity index (χ2n) is 6.22. The van der Waals surface area contributed by atoms with Gasteiger partial charge in [0, 0.05) is 16.6 Å². The van der Waals surface area contributed by atoms with Crippen LogP contribution < -0.4 is 20.5 Å². The van der Waals surface area contributed by atoms with E-state index in [1.165, 1.54) is 16.6 Å². The van der Waals surface area contributed by atoms with Crippen LogP contribution in [0.5, 0.6) is 11.5 Å². The number of thiophene rings is 1. The van der Waals surface area contributed by atoms with Gasteiger partial charge in [-0.15, -0.1) is 11.3 Å². The lowest BCUT2D eigenvalue weighted by Gasteiger charge is -2.13. The predicted molar refractivity (Wildman–Crippen MR) is 119 cm³/mol. The number of nitrogens with zero attached hydrogens (tertiary/aromatic N) is 2. The van der Waals surface area contributed by atoms with Crippen molar-refractivity contribution < 1.29 is 14.3 Å². The molecular formula is C20H24N4O3S2. The highest BCUT2D eigenvalue weighted by Gasteiger charge is 2.14. The molecular weight excluding hydrogens is 408 g/mol. The van der Waals surface area contributed by atoms with Crippen molar-refractivity contribution in [2.24, 2.45) is 0 Å². The van der Waals surface area contributed by atoms with Gasteiger partial charge in [0.05, 0.1) is 24.4 Å². The van der Waals surface area contributed by atoms with Gasteiger partial charge in [-0.3, -0.25) is 4.79 Å². The molecule has 2 heterocycles. The summed E-state index contributed by atoms with van der Waals surface area (Å²) in [5, 5.41) is 4.26. The molecule has 0 bridgehead atoms. The first-order chi connectivity index (χ1) is 13.9. The Morgan fingerprint density at radius 3 is 2.62 bits per heavy atom. The minimum absolute atomic E-state index is 0.164. The SMILES string of the molecule is CCOc1ccc(NC(=O)CSc2nc(N)c3c(C)c(C)sc3n2)cc1OCC. The van der Waals surface area contributed by atoms with E-state index in [2.05, 4.69) is 15.3 Å². The minimum Gasteiger partial charge on any atom is -0.490 e. The fourth-order valence-corrected chi connectivity index (χ4v) is 4.53. The molecule has 0 aliphatic carbocycles. The largest absolute Gasteiger partial charge is 0.490 e. The van der Waals surface area contributed by atoms with Crippen LogP contribution in [0.3, 0.4) is 0 Å². The Kier molecular flexibility index (Phi) is 6.81. The Morgan fingerprint density at radius 1 is 1.17 bits per heavy atom. The van der Waals surface area contributed by atoms with Crippen molar-refractivity contribution in [1.29, 1.82) is 0 Å². The molecule has 0 unspecified atom stereocenters. The molecule has 1 aromatic carbocycles. The van der Waals surface area contributed by atoms with Crippen LogP contribution in [0.2, 0.25) is 0 Å². The zero-order chi connectivity index (χ0) is 21.0. The summed E-state index contributed by atoms with van der Waals surface area (Å²) in [5.41, 5.74) is 7.85. The van der Waals surface area contributed by atoms with Gasteiger partial charge in [-0.1, -0.05) is 11.8 Å². The van der Waals surface area contributed by atoms with E-state index < -0.39 is 0 Å².